The molecule has 4 fully saturated rings. The number of hydrogen-bond donors (Lipinski definition) is 0. The van der Waals surface area contributed by atoms with Gasteiger partial charge in [0.15, 0.2) is 17.5 Å². The third kappa shape index (κ3) is 2.13. The fourth-order valence-electron chi connectivity index (χ4n) is 4.94. The van der Waals surface area contributed by atoms with Crippen LogP contribution in [0.15, 0.2) is 12.1 Å². The lowest BCUT2D eigenvalue weighted by Gasteiger charge is -2.53. The molecule has 0 aliphatic heterocycles. The molecule has 1 aromatic rings. The summed E-state index contributed by atoms with van der Waals surface area (Å²) < 4.78 is 45.4. The minimum absolute atomic E-state index is 0.201. The van der Waals surface area contributed by atoms with Crippen molar-refractivity contribution in [3.63, 3.8) is 0 Å². The highest BCUT2D eigenvalue weighted by Gasteiger charge is 2.50. The van der Waals surface area contributed by atoms with E-state index >= 15 is 0 Å². The summed E-state index contributed by atoms with van der Waals surface area (Å²) in [5.74, 6) is -3.12. The van der Waals surface area contributed by atoms with Crippen molar-refractivity contribution in [2.75, 3.05) is 0 Å². The zero-order chi connectivity index (χ0) is 15.4. The van der Waals surface area contributed by atoms with E-state index in [1.54, 1.807) is 0 Å². The summed E-state index contributed by atoms with van der Waals surface area (Å²) in [6.45, 7) is 0. The summed E-state index contributed by atoms with van der Waals surface area (Å²) in [7, 11) is 0. The molecule has 0 unspecified atom stereocenters. The fraction of sp³-hybridized carbons (Fsp3) is 0.588. The van der Waals surface area contributed by atoms with Crippen molar-refractivity contribution < 1.29 is 22.7 Å². The van der Waals surface area contributed by atoms with Gasteiger partial charge in [-0.1, -0.05) is 0 Å². The SMILES string of the molecule is O=C(OC1C2CC3CC(C2)CC1C3)c1ccc(F)c(F)c1F. The summed E-state index contributed by atoms with van der Waals surface area (Å²) in [5, 5.41) is 0. The van der Waals surface area contributed by atoms with Crippen molar-refractivity contribution in [2.45, 2.75) is 38.2 Å². The summed E-state index contributed by atoms with van der Waals surface area (Å²) >= 11 is 0. The molecule has 0 N–H and O–H groups in total. The zero-order valence-electron chi connectivity index (χ0n) is 12.0. The summed E-state index contributed by atoms with van der Waals surface area (Å²) in [4.78, 5) is 12.2. The molecule has 1 aromatic carbocycles. The quantitative estimate of drug-likeness (QED) is 0.607. The van der Waals surface area contributed by atoms with Gasteiger partial charge in [-0.05, 0) is 67.9 Å². The lowest BCUT2D eigenvalue weighted by atomic mass is 9.55. The number of rotatable bonds is 2. The number of halogens is 3. The summed E-state index contributed by atoms with van der Waals surface area (Å²) in [6, 6.07) is 1.71. The van der Waals surface area contributed by atoms with Crippen molar-refractivity contribution in [1.29, 1.82) is 0 Å². The monoisotopic (exact) mass is 310 g/mol. The van der Waals surface area contributed by atoms with E-state index in [1.165, 1.54) is 6.42 Å². The Bertz CT molecular complexity index is 601. The van der Waals surface area contributed by atoms with Crippen molar-refractivity contribution >= 4 is 5.97 Å². The number of ether oxygens (including phenoxy) is 1. The van der Waals surface area contributed by atoms with Crippen LogP contribution in [-0.2, 0) is 4.74 Å². The molecule has 5 rings (SSSR count). The molecule has 0 amide bonds. The minimum Gasteiger partial charge on any atom is -0.458 e. The average Bonchev–Trinajstić information content (AvgIpc) is 2.48. The van der Waals surface area contributed by atoms with Gasteiger partial charge in [-0.3, -0.25) is 0 Å². The van der Waals surface area contributed by atoms with Crippen LogP contribution in [0.1, 0.15) is 42.5 Å². The van der Waals surface area contributed by atoms with E-state index in [-0.39, 0.29) is 6.10 Å². The van der Waals surface area contributed by atoms with Gasteiger partial charge in [0.1, 0.15) is 6.10 Å². The molecule has 4 saturated carbocycles. The second kappa shape index (κ2) is 5.00. The first-order valence-electron chi connectivity index (χ1n) is 7.87. The molecule has 118 valence electrons. The topological polar surface area (TPSA) is 26.3 Å². The van der Waals surface area contributed by atoms with Crippen LogP contribution in [0.5, 0.6) is 0 Å². The number of esters is 1. The van der Waals surface area contributed by atoms with E-state index in [4.69, 9.17) is 4.74 Å². The van der Waals surface area contributed by atoms with E-state index in [0.717, 1.165) is 49.7 Å². The second-order valence-electron chi connectivity index (χ2n) is 7.02. The Morgan fingerprint density at radius 2 is 1.50 bits per heavy atom. The van der Waals surface area contributed by atoms with Gasteiger partial charge in [-0.2, -0.15) is 0 Å². The summed E-state index contributed by atoms with van der Waals surface area (Å²) in [6.07, 6.45) is 5.32. The van der Waals surface area contributed by atoms with Crippen LogP contribution in [0.2, 0.25) is 0 Å². The maximum atomic E-state index is 13.7. The van der Waals surface area contributed by atoms with Crippen LogP contribution < -0.4 is 0 Å². The number of carbonyl (C=O) groups excluding carboxylic acids is 1. The molecular weight excluding hydrogens is 293 g/mol. The molecule has 0 spiro atoms. The first-order chi connectivity index (χ1) is 10.5. The normalized spacial score (nSPS) is 35.7. The molecule has 5 heteroatoms. The van der Waals surface area contributed by atoms with E-state index in [1.807, 2.05) is 0 Å². The molecule has 0 heterocycles. The van der Waals surface area contributed by atoms with Gasteiger partial charge in [-0.25, -0.2) is 18.0 Å². The molecule has 4 aliphatic rings. The van der Waals surface area contributed by atoms with Crippen LogP contribution in [0.3, 0.4) is 0 Å². The van der Waals surface area contributed by atoms with Crippen molar-refractivity contribution in [2.24, 2.45) is 23.7 Å². The lowest BCUT2D eigenvalue weighted by molar-refractivity contribution is -0.101. The van der Waals surface area contributed by atoms with Gasteiger partial charge in [0.25, 0.3) is 0 Å². The summed E-state index contributed by atoms with van der Waals surface area (Å²) in [5.41, 5.74) is -0.521. The highest BCUT2D eigenvalue weighted by molar-refractivity contribution is 5.89. The largest absolute Gasteiger partial charge is 0.458 e. The van der Waals surface area contributed by atoms with Crippen molar-refractivity contribution in [1.82, 2.24) is 0 Å². The van der Waals surface area contributed by atoms with Crippen LogP contribution in [0, 0.1) is 41.1 Å². The van der Waals surface area contributed by atoms with E-state index < -0.39 is 29.0 Å². The third-order valence-corrected chi connectivity index (χ3v) is 5.64. The first-order valence-corrected chi connectivity index (χ1v) is 7.87. The predicted molar refractivity (Wildman–Crippen MR) is 72.6 cm³/mol. The van der Waals surface area contributed by atoms with Crippen LogP contribution in [0.25, 0.3) is 0 Å². The third-order valence-electron chi connectivity index (χ3n) is 5.64. The Morgan fingerprint density at radius 3 is 2.09 bits per heavy atom. The average molecular weight is 310 g/mol. The molecule has 0 saturated heterocycles. The Morgan fingerprint density at radius 1 is 0.909 bits per heavy atom. The second-order valence-corrected chi connectivity index (χ2v) is 7.02. The molecule has 4 aliphatic carbocycles. The molecule has 4 bridgehead atoms. The molecular formula is C17H17F3O2. The van der Waals surface area contributed by atoms with Crippen LogP contribution in [-0.4, -0.2) is 12.1 Å². The molecule has 2 nitrogen and oxygen atoms in total. The Hall–Kier alpha value is -1.52. The first kappa shape index (κ1) is 14.1. The number of benzene rings is 1. The maximum absolute atomic E-state index is 13.7. The van der Waals surface area contributed by atoms with E-state index in [0.29, 0.717) is 11.8 Å². The van der Waals surface area contributed by atoms with Crippen LogP contribution >= 0.6 is 0 Å². The number of carbonyl (C=O) groups is 1. The van der Waals surface area contributed by atoms with Gasteiger partial charge < -0.3 is 4.74 Å². The molecule has 0 radical (unpaired) electrons. The minimum atomic E-state index is -1.63. The van der Waals surface area contributed by atoms with E-state index in [9.17, 15) is 18.0 Å². The van der Waals surface area contributed by atoms with E-state index in [2.05, 4.69) is 0 Å². The highest BCUT2D eigenvalue weighted by atomic mass is 19.2. The van der Waals surface area contributed by atoms with Gasteiger partial charge in [-0.15, -0.1) is 0 Å². The van der Waals surface area contributed by atoms with Gasteiger partial charge in [0, 0.05) is 0 Å². The molecule has 0 aromatic heterocycles. The Balaban J connectivity index is 1.54. The maximum Gasteiger partial charge on any atom is 0.341 e. The Kier molecular flexibility index (Phi) is 3.20. The number of hydrogen-bond acceptors (Lipinski definition) is 2. The van der Waals surface area contributed by atoms with Crippen molar-refractivity contribution in [3.8, 4) is 0 Å². The van der Waals surface area contributed by atoms with Crippen molar-refractivity contribution in [3.05, 3.63) is 35.1 Å². The smallest absolute Gasteiger partial charge is 0.341 e. The standard InChI is InChI=1S/C17H17F3O2/c18-13-2-1-12(14(19)15(13)20)17(21)22-16-10-4-8-3-9(6-10)7-11(16)5-8/h1-2,8-11,16H,3-7H2. The zero-order valence-corrected chi connectivity index (χ0v) is 12.0. The fourth-order valence-corrected chi connectivity index (χ4v) is 4.94. The predicted octanol–water partition coefficient (Wildman–Crippen LogP) is 4.09. The highest BCUT2D eigenvalue weighted by Crippen LogP contribution is 2.54. The van der Waals surface area contributed by atoms with Gasteiger partial charge in [0.05, 0.1) is 5.56 Å². The Labute approximate surface area is 126 Å². The lowest BCUT2D eigenvalue weighted by Crippen LogP contribution is -2.50. The molecule has 22 heavy (non-hydrogen) atoms. The molecule has 0 atom stereocenters. The van der Waals surface area contributed by atoms with Gasteiger partial charge >= 0.3 is 5.97 Å². The van der Waals surface area contributed by atoms with Gasteiger partial charge in [0.2, 0.25) is 0 Å². The van der Waals surface area contributed by atoms with Crippen LogP contribution in [0.4, 0.5) is 13.2 Å².